The molecule has 4 nitrogen and oxygen atoms in total. The van der Waals surface area contributed by atoms with E-state index in [-0.39, 0.29) is 0 Å². The summed E-state index contributed by atoms with van der Waals surface area (Å²) in [5.41, 5.74) is 1.31. The Labute approximate surface area is 150 Å². The van der Waals surface area contributed by atoms with Crippen LogP contribution in [0.2, 0.25) is 5.02 Å². The maximum atomic E-state index is 6.00. The first-order valence-corrected chi connectivity index (χ1v) is 9.41. The molecule has 3 aromatic rings. The van der Waals surface area contributed by atoms with Crippen LogP contribution in [-0.2, 0) is 0 Å². The van der Waals surface area contributed by atoms with Gasteiger partial charge in [-0.05, 0) is 36.1 Å². The number of rotatable bonds is 3. The number of benzene rings is 1. The van der Waals surface area contributed by atoms with Gasteiger partial charge in [0.2, 0.25) is 0 Å². The van der Waals surface area contributed by atoms with Crippen molar-refractivity contribution in [1.29, 1.82) is 0 Å². The molecular weight excluding hydrogens is 340 g/mol. The van der Waals surface area contributed by atoms with Gasteiger partial charge in [-0.25, -0.2) is 9.97 Å². The Morgan fingerprint density at radius 3 is 2.54 bits per heavy atom. The van der Waals surface area contributed by atoms with Gasteiger partial charge >= 0.3 is 0 Å². The predicted octanol–water partition coefficient (Wildman–Crippen LogP) is 4.23. The number of piperazine rings is 1. The van der Waals surface area contributed by atoms with Crippen molar-refractivity contribution in [3.63, 3.8) is 0 Å². The summed E-state index contributed by atoms with van der Waals surface area (Å²) in [7, 11) is 0. The molecule has 1 atom stereocenters. The van der Waals surface area contributed by atoms with Crippen molar-refractivity contribution in [3.05, 3.63) is 52.6 Å². The fourth-order valence-corrected chi connectivity index (χ4v) is 4.16. The van der Waals surface area contributed by atoms with Crippen LogP contribution in [0.3, 0.4) is 0 Å². The van der Waals surface area contributed by atoms with Gasteiger partial charge in [0, 0.05) is 37.2 Å². The van der Waals surface area contributed by atoms with Crippen molar-refractivity contribution in [1.82, 2.24) is 14.9 Å². The molecule has 1 fully saturated rings. The van der Waals surface area contributed by atoms with Gasteiger partial charge in [-0.2, -0.15) is 0 Å². The monoisotopic (exact) mass is 358 g/mol. The second-order valence-electron chi connectivity index (χ2n) is 6.09. The Kier molecular flexibility index (Phi) is 4.39. The number of nitrogens with zero attached hydrogens (tertiary/aromatic N) is 4. The van der Waals surface area contributed by atoms with Gasteiger partial charge in [0.05, 0.1) is 5.39 Å². The van der Waals surface area contributed by atoms with Crippen LogP contribution in [0, 0.1) is 0 Å². The van der Waals surface area contributed by atoms with E-state index in [1.165, 1.54) is 10.9 Å². The Hall–Kier alpha value is -1.69. The van der Waals surface area contributed by atoms with Gasteiger partial charge in [-0.1, -0.05) is 23.7 Å². The quantitative estimate of drug-likeness (QED) is 0.701. The van der Waals surface area contributed by atoms with E-state index in [2.05, 4.69) is 50.3 Å². The molecule has 0 bridgehead atoms. The number of halogens is 1. The van der Waals surface area contributed by atoms with E-state index in [1.54, 1.807) is 17.7 Å². The summed E-state index contributed by atoms with van der Waals surface area (Å²) in [4.78, 5) is 14.8. The molecule has 4 rings (SSSR count). The summed E-state index contributed by atoms with van der Waals surface area (Å²) >= 11 is 7.67. The summed E-state index contributed by atoms with van der Waals surface area (Å²) in [6.07, 6.45) is 1.68. The standard InChI is InChI=1S/C18H19ClN4S/c1-13(14-2-4-15(19)5-3-14)22-7-9-23(10-8-22)17-16-6-11-24-18(16)21-12-20-17/h2-6,11-13H,7-10H2,1H3. The topological polar surface area (TPSA) is 32.3 Å². The number of anilines is 1. The third-order valence-corrected chi connectivity index (χ3v) is 5.83. The van der Waals surface area contributed by atoms with Crippen molar-refractivity contribution in [2.45, 2.75) is 13.0 Å². The smallest absolute Gasteiger partial charge is 0.140 e. The van der Waals surface area contributed by atoms with E-state index in [0.717, 1.165) is 41.8 Å². The molecule has 0 radical (unpaired) electrons. The average molecular weight is 359 g/mol. The fourth-order valence-electron chi connectivity index (χ4n) is 3.30. The van der Waals surface area contributed by atoms with Gasteiger partial charge in [0.25, 0.3) is 0 Å². The van der Waals surface area contributed by atoms with Crippen LogP contribution < -0.4 is 4.90 Å². The Morgan fingerprint density at radius 2 is 1.79 bits per heavy atom. The van der Waals surface area contributed by atoms with E-state index in [0.29, 0.717) is 6.04 Å². The van der Waals surface area contributed by atoms with Crippen LogP contribution in [0.5, 0.6) is 0 Å². The van der Waals surface area contributed by atoms with Crippen LogP contribution in [-0.4, -0.2) is 41.0 Å². The van der Waals surface area contributed by atoms with Crippen molar-refractivity contribution < 1.29 is 0 Å². The number of hydrogen-bond donors (Lipinski definition) is 0. The summed E-state index contributed by atoms with van der Waals surface area (Å²) in [5.74, 6) is 1.07. The average Bonchev–Trinajstić information content (AvgIpc) is 3.11. The Morgan fingerprint density at radius 1 is 1.04 bits per heavy atom. The molecule has 1 saturated heterocycles. The summed E-state index contributed by atoms with van der Waals surface area (Å²) in [5, 5.41) is 4.04. The van der Waals surface area contributed by atoms with Crippen molar-refractivity contribution in [3.8, 4) is 0 Å². The van der Waals surface area contributed by atoms with E-state index in [4.69, 9.17) is 11.6 Å². The Bertz CT molecular complexity index is 824. The van der Waals surface area contributed by atoms with Gasteiger partial charge in [-0.15, -0.1) is 11.3 Å². The van der Waals surface area contributed by atoms with Crippen LogP contribution in [0.1, 0.15) is 18.5 Å². The first-order chi connectivity index (χ1) is 11.7. The van der Waals surface area contributed by atoms with E-state index >= 15 is 0 Å². The molecule has 124 valence electrons. The third-order valence-electron chi connectivity index (χ3n) is 4.75. The van der Waals surface area contributed by atoms with Crippen molar-refractivity contribution >= 4 is 39.0 Å². The molecule has 6 heteroatoms. The summed E-state index contributed by atoms with van der Waals surface area (Å²) < 4.78 is 0. The summed E-state index contributed by atoms with van der Waals surface area (Å²) in [6.45, 7) is 6.29. The lowest BCUT2D eigenvalue weighted by Crippen LogP contribution is -2.47. The number of hydrogen-bond acceptors (Lipinski definition) is 5. The predicted molar refractivity (Wildman–Crippen MR) is 101 cm³/mol. The minimum absolute atomic E-state index is 0.399. The van der Waals surface area contributed by atoms with Gasteiger partial charge in [-0.3, -0.25) is 4.90 Å². The van der Waals surface area contributed by atoms with Crippen LogP contribution in [0.25, 0.3) is 10.2 Å². The first kappa shape index (κ1) is 15.8. The highest BCUT2D eigenvalue weighted by molar-refractivity contribution is 7.16. The lowest BCUT2D eigenvalue weighted by molar-refractivity contribution is 0.198. The van der Waals surface area contributed by atoms with Gasteiger partial charge in [0.1, 0.15) is 17.0 Å². The van der Waals surface area contributed by atoms with Gasteiger partial charge < -0.3 is 4.90 Å². The largest absolute Gasteiger partial charge is 0.353 e. The summed E-state index contributed by atoms with van der Waals surface area (Å²) in [6, 6.07) is 10.7. The number of fused-ring (bicyclic) bond motifs is 1. The molecule has 1 aromatic carbocycles. The highest BCUT2D eigenvalue weighted by atomic mass is 35.5. The number of thiophene rings is 1. The Balaban J connectivity index is 1.47. The minimum atomic E-state index is 0.399. The molecule has 0 amide bonds. The molecule has 24 heavy (non-hydrogen) atoms. The molecule has 0 aliphatic carbocycles. The van der Waals surface area contributed by atoms with E-state index in [1.807, 2.05) is 12.1 Å². The molecule has 1 aliphatic heterocycles. The van der Waals surface area contributed by atoms with Gasteiger partial charge in [0.15, 0.2) is 0 Å². The van der Waals surface area contributed by atoms with Crippen LogP contribution in [0.4, 0.5) is 5.82 Å². The molecule has 1 unspecified atom stereocenters. The molecule has 3 heterocycles. The second kappa shape index (κ2) is 6.67. The number of aromatic nitrogens is 2. The lowest BCUT2D eigenvalue weighted by Gasteiger charge is -2.38. The highest BCUT2D eigenvalue weighted by Gasteiger charge is 2.24. The second-order valence-corrected chi connectivity index (χ2v) is 7.42. The van der Waals surface area contributed by atoms with Crippen molar-refractivity contribution in [2.24, 2.45) is 0 Å². The first-order valence-electron chi connectivity index (χ1n) is 8.15. The highest BCUT2D eigenvalue weighted by Crippen LogP contribution is 2.29. The third kappa shape index (κ3) is 2.99. The van der Waals surface area contributed by atoms with Crippen LogP contribution in [0.15, 0.2) is 42.0 Å². The zero-order valence-corrected chi connectivity index (χ0v) is 15.1. The lowest BCUT2D eigenvalue weighted by atomic mass is 10.1. The normalized spacial score (nSPS) is 17.3. The SMILES string of the molecule is CC(c1ccc(Cl)cc1)N1CCN(c2ncnc3sccc23)CC1. The van der Waals surface area contributed by atoms with E-state index in [9.17, 15) is 0 Å². The van der Waals surface area contributed by atoms with E-state index < -0.39 is 0 Å². The molecular formula is C18H19ClN4S. The zero-order valence-electron chi connectivity index (χ0n) is 13.5. The molecule has 0 N–H and O–H groups in total. The van der Waals surface area contributed by atoms with Crippen LogP contribution >= 0.6 is 22.9 Å². The molecule has 2 aromatic heterocycles. The zero-order chi connectivity index (χ0) is 16.5. The molecule has 1 aliphatic rings. The fraction of sp³-hybridized carbons (Fsp3) is 0.333. The maximum absolute atomic E-state index is 6.00. The van der Waals surface area contributed by atoms with Crippen molar-refractivity contribution in [2.75, 3.05) is 31.1 Å². The molecule has 0 saturated carbocycles. The minimum Gasteiger partial charge on any atom is -0.353 e. The maximum Gasteiger partial charge on any atom is 0.140 e. The molecule has 0 spiro atoms.